The molecule has 0 aromatic heterocycles. The zero-order chi connectivity index (χ0) is 16.0. The van der Waals surface area contributed by atoms with Gasteiger partial charge in [-0.05, 0) is 31.4 Å². The fourth-order valence-electron chi connectivity index (χ4n) is 2.14. The Labute approximate surface area is 128 Å². The van der Waals surface area contributed by atoms with Gasteiger partial charge in [-0.2, -0.15) is 0 Å². The zero-order valence-electron chi connectivity index (χ0n) is 12.1. The molecule has 0 spiro atoms. The Bertz CT molecular complexity index is 568. The van der Waals surface area contributed by atoms with Gasteiger partial charge in [0.25, 0.3) is 0 Å². The highest BCUT2D eigenvalue weighted by Crippen LogP contribution is 2.14. The minimum Gasteiger partial charge on any atom is -0.379 e. The summed E-state index contributed by atoms with van der Waals surface area (Å²) >= 11 is 0. The van der Waals surface area contributed by atoms with Gasteiger partial charge in [-0.1, -0.05) is 0 Å². The van der Waals surface area contributed by atoms with Crippen LogP contribution in [-0.2, 0) is 19.5 Å². The second-order valence-corrected chi connectivity index (χ2v) is 6.83. The molecule has 1 aromatic rings. The van der Waals surface area contributed by atoms with Gasteiger partial charge in [0.1, 0.15) is 11.6 Å². The quantitative estimate of drug-likeness (QED) is 0.736. The molecule has 1 N–H and O–H groups in total. The Morgan fingerprint density at radius 1 is 1.27 bits per heavy atom. The van der Waals surface area contributed by atoms with Crippen molar-refractivity contribution in [2.75, 3.05) is 26.4 Å². The topological polar surface area (TPSA) is 64.6 Å². The van der Waals surface area contributed by atoms with Gasteiger partial charge in [0.15, 0.2) is 0 Å². The summed E-state index contributed by atoms with van der Waals surface area (Å²) in [6.45, 7) is 1.78. The van der Waals surface area contributed by atoms with Crippen LogP contribution in [-0.4, -0.2) is 40.9 Å². The lowest BCUT2D eigenvalue weighted by Crippen LogP contribution is -2.26. The van der Waals surface area contributed by atoms with Crippen LogP contribution in [0.4, 0.5) is 8.78 Å². The van der Waals surface area contributed by atoms with E-state index >= 15 is 0 Å². The number of benzene rings is 1. The Kier molecular flexibility index (Phi) is 6.25. The van der Waals surface area contributed by atoms with Crippen LogP contribution in [0.25, 0.3) is 0 Å². The lowest BCUT2D eigenvalue weighted by molar-refractivity contribution is 0.0169. The standard InChI is InChI=1S/C14H19F2NO4S/c15-11-7-12(16)9-14(8-11)22(18,19)17-4-2-5-20-10-13-3-1-6-21-13/h7-9,13,17H,1-6,10H2/t13-/m1/s1. The largest absolute Gasteiger partial charge is 0.379 e. The number of hydrogen-bond donors (Lipinski definition) is 1. The molecule has 124 valence electrons. The number of halogens is 2. The first-order chi connectivity index (χ1) is 10.5. The lowest BCUT2D eigenvalue weighted by atomic mass is 10.2. The third-order valence-corrected chi connectivity index (χ3v) is 4.67. The van der Waals surface area contributed by atoms with E-state index in [4.69, 9.17) is 9.47 Å². The highest BCUT2D eigenvalue weighted by Gasteiger charge is 2.17. The average Bonchev–Trinajstić information content (AvgIpc) is 2.95. The first-order valence-electron chi connectivity index (χ1n) is 7.12. The van der Waals surface area contributed by atoms with Gasteiger partial charge in [0.05, 0.1) is 17.6 Å². The summed E-state index contributed by atoms with van der Waals surface area (Å²) in [5.74, 6) is -1.86. The normalized spacial score (nSPS) is 18.7. The van der Waals surface area contributed by atoms with Crippen molar-refractivity contribution in [2.45, 2.75) is 30.3 Å². The zero-order valence-corrected chi connectivity index (χ0v) is 12.9. The van der Waals surface area contributed by atoms with Gasteiger partial charge >= 0.3 is 0 Å². The molecule has 0 aliphatic carbocycles. The smallest absolute Gasteiger partial charge is 0.240 e. The predicted molar refractivity (Wildman–Crippen MR) is 76.0 cm³/mol. The fourth-order valence-corrected chi connectivity index (χ4v) is 3.25. The second kappa shape index (κ2) is 7.96. The molecular weight excluding hydrogens is 316 g/mol. The summed E-state index contributed by atoms with van der Waals surface area (Å²) in [7, 11) is -3.92. The summed E-state index contributed by atoms with van der Waals surface area (Å²) in [6, 6.07) is 2.18. The first kappa shape index (κ1) is 17.3. The van der Waals surface area contributed by atoms with E-state index in [1.54, 1.807) is 0 Å². The number of rotatable bonds is 8. The van der Waals surface area contributed by atoms with E-state index in [9.17, 15) is 17.2 Å². The molecule has 5 nitrogen and oxygen atoms in total. The summed E-state index contributed by atoms with van der Waals surface area (Å²) in [5.41, 5.74) is 0. The van der Waals surface area contributed by atoms with Crippen molar-refractivity contribution in [3.63, 3.8) is 0 Å². The molecule has 0 saturated carbocycles. The van der Waals surface area contributed by atoms with Crippen molar-refractivity contribution in [1.82, 2.24) is 4.72 Å². The third-order valence-electron chi connectivity index (χ3n) is 3.23. The molecule has 2 rings (SSSR count). The molecule has 8 heteroatoms. The van der Waals surface area contributed by atoms with Gasteiger partial charge in [-0.25, -0.2) is 21.9 Å². The Hall–Kier alpha value is -1.09. The Morgan fingerprint density at radius 2 is 2.00 bits per heavy atom. The van der Waals surface area contributed by atoms with E-state index < -0.39 is 26.6 Å². The van der Waals surface area contributed by atoms with Gasteiger partial charge in [0.2, 0.25) is 10.0 Å². The highest BCUT2D eigenvalue weighted by molar-refractivity contribution is 7.89. The SMILES string of the molecule is O=S(=O)(NCCCOC[C@H]1CCCO1)c1cc(F)cc(F)c1. The number of hydrogen-bond acceptors (Lipinski definition) is 4. The van der Waals surface area contributed by atoms with Crippen LogP contribution in [0.5, 0.6) is 0 Å². The van der Waals surface area contributed by atoms with E-state index in [0.29, 0.717) is 25.7 Å². The van der Waals surface area contributed by atoms with Crippen molar-refractivity contribution in [3.05, 3.63) is 29.8 Å². The molecular formula is C14H19F2NO4S. The highest BCUT2D eigenvalue weighted by atomic mass is 32.2. The molecule has 0 bridgehead atoms. The van der Waals surface area contributed by atoms with E-state index in [2.05, 4.69) is 4.72 Å². The van der Waals surface area contributed by atoms with E-state index in [-0.39, 0.29) is 12.6 Å². The van der Waals surface area contributed by atoms with Crippen molar-refractivity contribution in [3.8, 4) is 0 Å². The molecule has 1 saturated heterocycles. The van der Waals surface area contributed by atoms with Crippen LogP contribution in [0.2, 0.25) is 0 Å². The molecule has 1 atom stereocenters. The predicted octanol–water partition coefficient (Wildman–Crippen LogP) is 1.83. The van der Waals surface area contributed by atoms with Crippen molar-refractivity contribution in [2.24, 2.45) is 0 Å². The van der Waals surface area contributed by atoms with Gasteiger partial charge < -0.3 is 9.47 Å². The van der Waals surface area contributed by atoms with Gasteiger partial charge in [0, 0.05) is 25.8 Å². The number of nitrogens with one attached hydrogen (secondary N) is 1. The number of ether oxygens (including phenoxy) is 2. The fraction of sp³-hybridized carbons (Fsp3) is 0.571. The van der Waals surface area contributed by atoms with Crippen molar-refractivity contribution < 1.29 is 26.7 Å². The molecule has 0 amide bonds. The maximum atomic E-state index is 13.0. The Morgan fingerprint density at radius 3 is 2.64 bits per heavy atom. The van der Waals surface area contributed by atoms with Crippen molar-refractivity contribution in [1.29, 1.82) is 0 Å². The lowest BCUT2D eigenvalue weighted by Gasteiger charge is -2.10. The summed E-state index contributed by atoms with van der Waals surface area (Å²) in [5, 5.41) is 0. The van der Waals surface area contributed by atoms with Crippen LogP contribution in [0.15, 0.2) is 23.1 Å². The molecule has 22 heavy (non-hydrogen) atoms. The summed E-state index contributed by atoms with van der Waals surface area (Å²) < 4.78 is 62.9. The number of sulfonamides is 1. The van der Waals surface area contributed by atoms with Gasteiger partial charge in [-0.15, -0.1) is 0 Å². The molecule has 1 aliphatic rings. The van der Waals surface area contributed by atoms with Crippen molar-refractivity contribution >= 4 is 10.0 Å². The average molecular weight is 335 g/mol. The van der Waals surface area contributed by atoms with E-state index in [1.165, 1.54) is 0 Å². The monoisotopic (exact) mass is 335 g/mol. The van der Waals surface area contributed by atoms with Crippen LogP contribution in [0.1, 0.15) is 19.3 Å². The van der Waals surface area contributed by atoms with E-state index in [0.717, 1.165) is 31.6 Å². The first-order valence-corrected chi connectivity index (χ1v) is 8.61. The third kappa shape index (κ3) is 5.28. The molecule has 0 unspecified atom stereocenters. The van der Waals surface area contributed by atoms with E-state index in [1.807, 2.05) is 0 Å². The van der Waals surface area contributed by atoms with Crippen LogP contribution in [0.3, 0.4) is 0 Å². The van der Waals surface area contributed by atoms with Crippen LogP contribution < -0.4 is 4.72 Å². The molecule has 1 heterocycles. The molecule has 1 aromatic carbocycles. The Balaban J connectivity index is 1.70. The van der Waals surface area contributed by atoms with Gasteiger partial charge in [-0.3, -0.25) is 0 Å². The van der Waals surface area contributed by atoms with Crippen LogP contribution in [0, 0.1) is 11.6 Å². The maximum absolute atomic E-state index is 13.0. The molecule has 1 fully saturated rings. The minimum atomic E-state index is -3.92. The maximum Gasteiger partial charge on any atom is 0.240 e. The minimum absolute atomic E-state index is 0.131. The van der Waals surface area contributed by atoms with Crippen LogP contribution >= 0.6 is 0 Å². The second-order valence-electron chi connectivity index (χ2n) is 5.07. The summed E-state index contributed by atoms with van der Waals surface area (Å²) in [4.78, 5) is -0.426. The summed E-state index contributed by atoms with van der Waals surface area (Å²) in [6.07, 6.45) is 2.62. The molecule has 1 aliphatic heterocycles. The molecule has 0 radical (unpaired) electrons.